The van der Waals surface area contributed by atoms with E-state index in [-0.39, 0.29) is 18.1 Å². The maximum absolute atomic E-state index is 11.8. The number of amides is 1. The Bertz CT molecular complexity index is 436. The summed E-state index contributed by atoms with van der Waals surface area (Å²) in [5.41, 5.74) is 1.44. The molecular formula is C15H23NO3. The molecule has 1 rings (SSSR count). The third-order valence-electron chi connectivity index (χ3n) is 2.35. The number of anilines is 1. The van der Waals surface area contributed by atoms with Crippen LogP contribution in [0.2, 0.25) is 0 Å². The maximum Gasteiger partial charge on any atom is 0.250 e. The Morgan fingerprint density at radius 1 is 1.32 bits per heavy atom. The molecule has 0 heterocycles. The number of benzene rings is 1. The smallest absolute Gasteiger partial charge is 0.250 e. The van der Waals surface area contributed by atoms with Crippen molar-refractivity contribution in [2.45, 2.75) is 40.2 Å². The highest BCUT2D eigenvalue weighted by Gasteiger charge is 2.14. The quantitative estimate of drug-likeness (QED) is 0.889. The van der Waals surface area contributed by atoms with Gasteiger partial charge in [-0.05, 0) is 52.3 Å². The summed E-state index contributed by atoms with van der Waals surface area (Å²) in [4.78, 5) is 11.8. The highest BCUT2D eigenvalue weighted by Crippen LogP contribution is 2.25. The molecular weight excluding hydrogens is 242 g/mol. The molecule has 0 aliphatic carbocycles. The summed E-state index contributed by atoms with van der Waals surface area (Å²) in [7, 11) is 0. The molecule has 0 saturated carbocycles. The molecule has 0 unspecified atom stereocenters. The zero-order chi connectivity index (χ0) is 14.5. The zero-order valence-corrected chi connectivity index (χ0v) is 12.4. The first-order valence-corrected chi connectivity index (χ1v) is 6.49. The Hall–Kier alpha value is -1.55. The fourth-order valence-electron chi connectivity index (χ4n) is 1.48. The van der Waals surface area contributed by atoms with Crippen LogP contribution in [-0.2, 0) is 9.53 Å². The molecule has 0 aliphatic heterocycles. The van der Waals surface area contributed by atoms with Gasteiger partial charge >= 0.3 is 0 Å². The lowest BCUT2D eigenvalue weighted by Gasteiger charge is -2.19. The van der Waals surface area contributed by atoms with Gasteiger partial charge in [0.05, 0.1) is 17.9 Å². The van der Waals surface area contributed by atoms with Crippen LogP contribution in [0.4, 0.5) is 5.69 Å². The number of hydrogen-bond acceptors (Lipinski definition) is 3. The molecule has 4 heteroatoms. The SMILES string of the molecule is CCOc1cc(C)ccc1NC(=O)COC(C)(C)C. The number of hydrogen-bond donors (Lipinski definition) is 1. The summed E-state index contributed by atoms with van der Waals surface area (Å²) in [6.45, 7) is 10.2. The molecule has 0 radical (unpaired) electrons. The van der Waals surface area contributed by atoms with Crippen molar-refractivity contribution in [2.75, 3.05) is 18.5 Å². The lowest BCUT2D eigenvalue weighted by Crippen LogP contribution is -2.27. The predicted molar refractivity (Wildman–Crippen MR) is 76.7 cm³/mol. The van der Waals surface area contributed by atoms with E-state index in [1.54, 1.807) is 0 Å². The van der Waals surface area contributed by atoms with Crippen molar-refractivity contribution >= 4 is 11.6 Å². The first kappa shape index (κ1) is 15.5. The Kier molecular flexibility index (Phi) is 5.36. The van der Waals surface area contributed by atoms with E-state index in [9.17, 15) is 4.79 Å². The second-order valence-electron chi connectivity index (χ2n) is 5.38. The van der Waals surface area contributed by atoms with Gasteiger partial charge in [-0.1, -0.05) is 6.07 Å². The van der Waals surface area contributed by atoms with Crippen LogP contribution < -0.4 is 10.1 Å². The van der Waals surface area contributed by atoms with Crippen LogP contribution in [0, 0.1) is 6.92 Å². The van der Waals surface area contributed by atoms with E-state index < -0.39 is 0 Å². The first-order chi connectivity index (χ1) is 8.81. The number of carbonyl (C=O) groups excluding carboxylic acids is 1. The summed E-state index contributed by atoms with van der Waals surface area (Å²) < 4.78 is 10.9. The lowest BCUT2D eigenvalue weighted by molar-refractivity contribution is -0.125. The molecule has 1 amide bonds. The van der Waals surface area contributed by atoms with E-state index in [0.29, 0.717) is 18.0 Å². The largest absolute Gasteiger partial charge is 0.492 e. The number of ether oxygens (including phenoxy) is 2. The molecule has 0 aliphatic rings. The molecule has 1 aromatic rings. The minimum atomic E-state index is -0.326. The molecule has 0 fully saturated rings. The molecule has 1 N–H and O–H groups in total. The van der Waals surface area contributed by atoms with E-state index in [1.165, 1.54) is 0 Å². The first-order valence-electron chi connectivity index (χ1n) is 6.49. The van der Waals surface area contributed by atoms with Crippen molar-refractivity contribution in [3.8, 4) is 5.75 Å². The van der Waals surface area contributed by atoms with E-state index in [2.05, 4.69) is 5.32 Å². The normalized spacial score (nSPS) is 11.2. The zero-order valence-electron chi connectivity index (χ0n) is 12.4. The van der Waals surface area contributed by atoms with Crippen LogP contribution in [0.5, 0.6) is 5.75 Å². The van der Waals surface area contributed by atoms with Crippen LogP contribution in [0.1, 0.15) is 33.3 Å². The van der Waals surface area contributed by atoms with Crippen molar-refractivity contribution < 1.29 is 14.3 Å². The van der Waals surface area contributed by atoms with Crippen molar-refractivity contribution in [3.05, 3.63) is 23.8 Å². The van der Waals surface area contributed by atoms with E-state index in [4.69, 9.17) is 9.47 Å². The van der Waals surface area contributed by atoms with Gasteiger partial charge in [-0.15, -0.1) is 0 Å². The minimum absolute atomic E-state index is 0.0307. The highest BCUT2D eigenvalue weighted by molar-refractivity contribution is 5.93. The van der Waals surface area contributed by atoms with Crippen LogP contribution in [0.3, 0.4) is 0 Å². The molecule has 0 atom stereocenters. The number of nitrogens with one attached hydrogen (secondary N) is 1. The van der Waals surface area contributed by atoms with Gasteiger partial charge in [0.25, 0.3) is 0 Å². The molecule has 0 spiro atoms. The average Bonchev–Trinajstić information content (AvgIpc) is 2.30. The predicted octanol–water partition coefficient (Wildman–Crippen LogP) is 3.15. The van der Waals surface area contributed by atoms with E-state index in [1.807, 2.05) is 52.8 Å². The van der Waals surface area contributed by atoms with Crippen LogP contribution in [0.15, 0.2) is 18.2 Å². The second kappa shape index (κ2) is 6.57. The van der Waals surface area contributed by atoms with Gasteiger partial charge in [0.2, 0.25) is 5.91 Å². The molecule has 1 aromatic carbocycles. The molecule has 0 aromatic heterocycles. The molecule has 19 heavy (non-hydrogen) atoms. The van der Waals surface area contributed by atoms with Crippen molar-refractivity contribution in [3.63, 3.8) is 0 Å². The van der Waals surface area contributed by atoms with Gasteiger partial charge in [-0.25, -0.2) is 0 Å². The molecule has 0 saturated heterocycles. The number of aryl methyl sites for hydroxylation is 1. The van der Waals surface area contributed by atoms with Gasteiger partial charge in [0.15, 0.2) is 0 Å². The Labute approximate surface area is 115 Å². The maximum atomic E-state index is 11.8. The van der Waals surface area contributed by atoms with Crippen molar-refractivity contribution in [2.24, 2.45) is 0 Å². The number of rotatable bonds is 5. The topological polar surface area (TPSA) is 47.6 Å². The van der Waals surface area contributed by atoms with Gasteiger partial charge < -0.3 is 14.8 Å². The molecule has 0 bridgehead atoms. The van der Waals surface area contributed by atoms with Crippen LogP contribution in [-0.4, -0.2) is 24.7 Å². The minimum Gasteiger partial charge on any atom is -0.492 e. The van der Waals surface area contributed by atoms with Crippen LogP contribution >= 0.6 is 0 Å². The van der Waals surface area contributed by atoms with Gasteiger partial charge in [0.1, 0.15) is 12.4 Å². The third-order valence-corrected chi connectivity index (χ3v) is 2.35. The fourth-order valence-corrected chi connectivity index (χ4v) is 1.48. The molecule has 106 valence electrons. The second-order valence-corrected chi connectivity index (χ2v) is 5.38. The Morgan fingerprint density at radius 2 is 2.00 bits per heavy atom. The summed E-state index contributed by atoms with van der Waals surface area (Å²) in [6, 6.07) is 5.68. The summed E-state index contributed by atoms with van der Waals surface area (Å²) in [5.74, 6) is 0.506. The monoisotopic (exact) mass is 265 g/mol. The Balaban J connectivity index is 2.68. The summed E-state index contributed by atoms with van der Waals surface area (Å²) in [5, 5.41) is 2.81. The summed E-state index contributed by atoms with van der Waals surface area (Å²) >= 11 is 0. The Morgan fingerprint density at radius 3 is 2.58 bits per heavy atom. The van der Waals surface area contributed by atoms with Crippen molar-refractivity contribution in [1.82, 2.24) is 0 Å². The average molecular weight is 265 g/mol. The summed E-state index contributed by atoms with van der Waals surface area (Å²) in [6.07, 6.45) is 0. The number of carbonyl (C=O) groups is 1. The van der Waals surface area contributed by atoms with Gasteiger partial charge in [-0.3, -0.25) is 4.79 Å². The fraction of sp³-hybridized carbons (Fsp3) is 0.533. The van der Waals surface area contributed by atoms with E-state index in [0.717, 1.165) is 5.56 Å². The van der Waals surface area contributed by atoms with Gasteiger partial charge in [0, 0.05) is 0 Å². The van der Waals surface area contributed by atoms with Crippen LogP contribution in [0.25, 0.3) is 0 Å². The standard InChI is InChI=1S/C15H23NO3/c1-6-18-13-9-11(2)7-8-12(13)16-14(17)10-19-15(3,4)5/h7-9H,6,10H2,1-5H3,(H,16,17). The molecule has 4 nitrogen and oxygen atoms in total. The van der Waals surface area contributed by atoms with Gasteiger partial charge in [-0.2, -0.15) is 0 Å². The van der Waals surface area contributed by atoms with E-state index >= 15 is 0 Å². The van der Waals surface area contributed by atoms with Crippen molar-refractivity contribution in [1.29, 1.82) is 0 Å². The highest BCUT2D eigenvalue weighted by atomic mass is 16.5. The third kappa shape index (κ3) is 5.75. The lowest BCUT2D eigenvalue weighted by atomic mass is 10.2.